The number of carbonyl (C=O) groups is 1. The molecule has 21 heavy (non-hydrogen) atoms. The summed E-state index contributed by atoms with van der Waals surface area (Å²) in [6.45, 7) is 4.64. The standard InChI is InChI=1S/C15H22FN3O.ClH/c1-17-11-15(20)19-8-2-7-18(9-10-19)12-13-3-5-14(16)6-4-13;/h3-6,17H,2,7-12H2,1H3;1H. The molecule has 1 heterocycles. The van der Waals surface area contributed by atoms with E-state index in [1.54, 1.807) is 7.05 Å². The van der Waals surface area contributed by atoms with Crippen molar-refractivity contribution in [3.8, 4) is 0 Å². The van der Waals surface area contributed by atoms with Crippen LogP contribution in [0.15, 0.2) is 24.3 Å². The molecule has 1 N–H and O–H groups in total. The fourth-order valence-electron chi connectivity index (χ4n) is 2.49. The van der Waals surface area contributed by atoms with Crippen molar-refractivity contribution in [2.45, 2.75) is 13.0 Å². The van der Waals surface area contributed by atoms with Gasteiger partial charge < -0.3 is 10.2 Å². The summed E-state index contributed by atoms with van der Waals surface area (Å²) in [7, 11) is 1.79. The smallest absolute Gasteiger partial charge is 0.236 e. The van der Waals surface area contributed by atoms with Gasteiger partial charge in [-0.3, -0.25) is 9.69 Å². The second-order valence-corrected chi connectivity index (χ2v) is 5.17. The summed E-state index contributed by atoms with van der Waals surface area (Å²) in [6, 6.07) is 6.64. The first-order chi connectivity index (χ1) is 9.69. The van der Waals surface area contributed by atoms with Gasteiger partial charge in [-0.25, -0.2) is 4.39 Å². The molecule has 1 amide bonds. The van der Waals surface area contributed by atoms with Crippen LogP contribution in [0.25, 0.3) is 0 Å². The zero-order valence-electron chi connectivity index (χ0n) is 12.3. The zero-order chi connectivity index (χ0) is 14.4. The van der Waals surface area contributed by atoms with Crippen molar-refractivity contribution in [3.63, 3.8) is 0 Å². The van der Waals surface area contributed by atoms with E-state index in [4.69, 9.17) is 0 Å². The largest absolute Gasteiger partial charge is 0.340 e. The van der Waals surface area contributed by atoms with Crippen molar-refractivity contribution in [1.82, 2.24) is 15.1 Å². The molecule has 1 aliphatic rings. The number of rotatable bonds is 4. The summed E-state index contributed by atoms with van der Waals surface area (Å²) in [6.07, 6.45) is 0.983. The highest BCUT2D eigenvalue weighted by molar-refractivity contribution is 5.85. The molecule has 0 atom stereocenters. The SMILES string of the molecule is CNCC(=O)N1CCCN(Cc2ccc(F)cc2)CC1.Cl. The molecule has 118 valence electrons. The van der Waals surface area contributed by atoms with Crippen LogP contribution in [0.2, 0.25) is 0 Å². The van der Waals surface area contributed by atoms with Crippen LogP contribution in [0, 0.1) is 5.82 Å². The first-order valence-corrected chi connectivity index (χ1v) is 7.08. The van der Waals surface area contributed by atoms with E-state index in [0.717, 1.165) is 44.7 Å². The number of nitrogens with zero attached hydrogens (tertiary/aromatic N) is 2. The van der Waals surface area contributed by atoms with Gasteiger partial charge in [0.25, 0.3) is 0 Å². The van der Waals surface area contributed by atoms with Gasteiger partial charge in [0, 0.05) is 32.7 Å². The van der Waals surface area contributed by atoms with Gasteiger partial charge in [0.15, 0.2) is 0 Å². The van der Waals surface area contributed by atoms with Crippen LogP contribution < -0.4 is 5.32 Å². The van der Waals surface area contributed by atoms with Crippen LogP contribution in [0.3, 0.4) is 0 Å². The summed E-state index contributed by atoms with van der Waals surface area (Å²) in [4.78, 5) is 16.1. The van der Waals surface area contributed by atoms with Gasteiger partial charge in [-0.1, -0.05) is 12.1 Å². The Morgan fingerprint density at radius 2 is 1.90 bits per heavy atom. The average molecular weight is 316 g/mol. The predicted octanol–water partition coefficient (Wildman–Crippen LogP) is 1.50. The number of likely N-dealkylation sites (N-methyl/N-ethyl adjacent to an activating group) is 1. The fraction of sp³-hybridized carbons (Fsp3) is 0.533. The maximum atomic E-state index is 12.9. The number of carbonyl (C=O) groups excluding carboxylic acids is 1. The molecule has 1 aliphatic heterocycles. The van der Waals surface area contributed by atoms with E-state index in [1.807, 2.05) is 17.0 Å². The van der Waals surface area contributed by atoms with Crippen molar-refractivity contribution in [3.05, 3.63) is 35.6 Å². The molecule has 0 unspecified atom stereocenters. The quantitative estimate of drug-likeness (QED) is 0.914. The minimum atomic E-state index is -0.201. The molecule has 1 fully saturated rings. The maximum Gasteiger partial charge on any atom is 0.236 e. The maximum absolute atomic E-state index is 12.9. The highest BCUT2D eigenvalue weighted by Gasteiger charge is 2.18. The van der Waals surface area contributed by atoms with Crippen molar-refractivity contribution in [2.24, 2.45) is 0 Å². The van der Waals surface area contributed by atoms with Gasteiger partial charge in [-0.05, 0) is 31.2 Å². The number of hydrogen-bond acceptors (Lipinski definition) is 3. The zero-order valence-corrected chi connectivity index (χ0v) is 13.2. The second-order valence-electron chi connectivity index (χ2n) is 5.17. The van der Waals surface area contributed by atoms with Crippen molar-refractivity contribution in [1.29, 1.82) is 0 Å². The Morgan fingerprint density at radius 1 is 1.19 bits per heavy atom. The van der Waals surface area contributed by atoms with Crippen molar-refractivity contribution >= 4 is 18.3 Å². The Hall–Kier alpha value is -1.17. The topological polar surface area (TPSA) is 35.6 Å². The van der Waals surface area contributed by atoms with E-state index >= 15 is 0 Å². The minimum absolute atomic E-state index is 0. The lowest BCUT2D eigenvalue weighted by Crippen LogP contribution is -2.39. The van der Waals surface area contributed by atoms with Gasteiger partial charge in [-0.2, -0.15) is 0 Å². The van der Waals surface area contributed by atoms with Gasteiger partial charge in [0.05, 0.1) is 6.54 Å². The van der Waals surface area contributed by atoms with E-state index < -0.39 is 0 Å². The molecule has 0 bridgehead atoms. The number of nitrogens with one attached hydrogen (secondary N) is 1. The van der Waals surface area contributed by atoms with Crippen LogP contribution >= 0.6 is 12.4 Å². The Bertz CT molecular complexity index is 441. The third-order valence-corrected chi connectivity index (χ3v) is 3.59. The Kier molecular flexibility index (Phi) is 7.64. The van der Waals surface area contributed by atoms with Gasteiger partial charge >= 0.3 is 0 Å². The Morgan fingerprint density at radius 3 is 2.57 bits per heavy atom. The molecule has 4 nitrogen and oxygen atoms in total. The molecule has 6 heteroatoms. The Labute approximate surface area is 131 Å². The summed E-state index contributed by atoms with van der Waals surface area (Å²) in [5, 5.41) is 2.90. The lowest BCUT2D eigenvalue weighted by atomic mass is 10.2. The summed E-state index contributed by atoms with van der Waals surface area (Å²) < 4.78 is 12.9. The molecule has 1 aromatic rings. The van der Waals surface area contributed by atoms with Gasteiger partial charge in [0.1, 0.15) is 5.82 Å². The number of benzene rings is 1. The van der Waals surface area contributed by atoms with E-state index in [-0.39, 0.29) is 24.1 Å². The second kappa shape index (κ2) is 8.97. The molecular weight excluding hydrogens is 293 g/mol. The van der Waals surface area contributed by atoms with Crippen molar-refractivity contribution in [2.75, 3.05) is 39.8 Å². The number of amides is 1. The third-order valence-electron chi connectivity index (χ3n) is 3.59. The Balaban J connectivity index is 0.00000220. The molecule has 0 aliphatic carbocycles. The van der Waals surface area contributed by atoms with E-state index in [0.29, 0.717) is 6.54 Å². The van der Waals surface area contributed by atoms with Crippen LogP contribution in [-0.2, 0) is 11.3 Å². The number of hydrogen-bond donors (Lipinski definition) is 1. The van der Waals surface area contributed by atoms with Crippen molar-refractivity contribution < 1.29 is 9.18 Å². The molecule has 0 spiro atoms. The van der Waals surface area contributed by atoms with Crippen LogP contribution in [-0.4, -0.2) is 55.5 Å². The third kappa shape index (κ3) is 5.61. The van der Waals surface area contributed by atoms with Gasteiger partial charge in [-0.15, -0.1) is 12.4 Å². The van der Waals surface area contributed by atoms with Crippen LogP contribution in [0.1, 0.15) is 12.0 Å². The molecule has 0 radical (unpaired) electrons. The molecule has 0 aromatic heterocycles. The van der Waals surface area contributed by atoms with E-state index in [2.05, 4.69) is 10.2 Å². The molecular formula is C15H23ClFN3O. The highest BCUT2D eigenvalue weighted by Crippen LogP contribution is 2.10. The first kappa shape index (κ1) is 17.9. The summed E-state index contributed by atoms with van der Waals surface area (Å²) in [5.41, 5.74) is 1.11. The van der Waals surface area contributed by atoms with E-state index in [9.17, 15) is 9.18 Å². The normalized spacial score (nSPS) is 16.2. The fourth-order valence-corrected chi connectivity index (χ4v) is 2.49. The van der Waals surface area contributed by atoms with Gasteiger partial charge in [0.2, 0.25) is 5.91 Å². The van der Waals surface area contributed by atoms with E-state index in [1.165, 1.54) is 12.1 Å². The molecule has 0 saturated carbocycles. The first-order valence-electron chi connectivity index (χ1n) is 7.08. The summed E-state index contributed by atoms with van der Waals surface area (Å²) >= 11 is 0. The summed E-state index contributed by atoms with van der Waals surface area (Å²) in [5.74, 6) is -0.0374. The lowest BCUT2D eigenvalue weighted by Gasteiger charge is -2.22. The molecule has 2 rings (SSSR count). The highest BCUT2D eigenvalue weighted by atomic mass is 35.5. The number of halogens is 2. The van der Waals surface area contributed by atoms with Crippen LogP contribution in [0.4, 0.5) is 4.39 Å². The van der Waals surface area contributed by atoms with Crippen LogP contribution in [0.5, 0.6) is 0 Å². The monoisotopic (exact) mass is 315 g/mol. The minimum Gasteiger partial charge on any atom is -0.340 e. The molecule has 1 saturated heterocycles. The lowest BCUT2D eigenvalue weighted by molar-refractivity contribution is -0.130. The molecule has 1 aromatic carbocycles. The average Bonchev–Trinajstić information content (AvgIpc) is 2.67. The predicted molar refractivity (Wildman–Crippen MR) is 84.0 cm³/mol.